The standard InChI is InChI=1S/C17H24ClN3S.HI/c1-19-16(21-15-6-3-9-22-11-15)20-12-17(7-8-17)13-4-2-5-14(18)10-13;/h2,4-5,10,15H,3,6-9,11-12H2,1H3,(H2,19,20,21);1H. The number of rotatable bonds is 4. The molecular formula is C17H25ClIN3S. The lowest BCUT2D eigenvalue weighted by Gasteiger charge is -2.26. The number of benzene rings is 1. The molecule has 23 heavy (non-hydrogen) atoms. The van der Waals surface area contributed by atoms with E-state index >= 15 is 0 Å². The number of thioether (sulfide) groups is 1. The van der Waals surface area contributed by atoms with Crippen LogP contribution in [0.5, 0.6) is 0 Å². The van der Waals surface area contributed by atoms with Crippen molar-refractivity contribution in [3.63, 3.8) is 0 Å². The Bertz CT molecular complexity index is 542. The van der Waals surface area contributed by atoms with Crippen LogP contribution in [0.1, 0.15) is 31.2 Å². The van der Waals surface area contributed by atoms with Gasteiger partial charge in [-0.1, -0.05) is 23.7 Å². The van der Waals surface area contributed by atoms with E-state index in [-0.39, 0.29) is 29.4 Å². The van der Waals surface area contributed by atoms with Gasteiger partial charge in [-0.05, 0) is 49.1 Å². The minimum absolute atomic E-state index is 0. The maximum Gasteiger partial charge on any atom is 0.191 e. The highest BCUT2D eigenvalue weighted by Gasteiger charge is 2.44. The topological polar surface area (TPSA) is 36.4 Å². The number of nitrogens with zero attached hydrogens (tertiary/aromatic N) is 1. The fourth-order valence-corrected chi connectivity index (χ4v) is 4.29. The van der Waals surface area contributed by atoms with Crippen molar-refractivity contribution in [3.05, 3.63) is 34.9 Å². The van der Waals surface area contributed by atoms with Gasteiger partial charge in [-0.15, -0.1) is 24.0 Å². The Kier molecular flexibility index (Phi) is 7.35. The molecule has 0 spiro atoms. The van der Waals surface area contributed by atoms with Gasteiger partial charge in [-0.3, -0.25) is 4.99 Å². The summed E-state index contributed by atoms with van der Waals surface area (Å²) in [5.74, 6) is 3.41. The van der Waals surface area contributed by atoms with Crippen LogP contribution >= 0.6 is 47.3 Å². The van der Waals surface area contributed by atoms with Crippen LogP contribution in [0.25, 0.3) is 0 Å². The predicted octanol–water partition coefficient (Wildman–Crippen LogP) is 4.05. The first-order valence-electron chi connectivity index (χ1n) is 8.03. The molecule has 1 atom stereocenters. The largest absolute Gasteiger partial charge is 0.356 e. The molecule has 1 heterocycles. The van der Waals surface area contributed by atoms with Gasteiger partial charge >= 0.3 is 0 Å². The normalized spacial score (nSPS) is 22.9. The summed E-state index contributed by atoms with van der Waals surface area (Å²) in [5, 5.41) is 7.91. The van der Waals surface area contributed by atoms with E-state index < -0.39 is 0 Å². The summed E-state index contributed by atoms with van der Waals surface area (Å²) in [6.07, 6.45) is 4.98. The zero-order valence-electron chi connectivity index (χ0n) is 13.5. The van der Waals surface area contributed by atoms with Crippen molar-refractivity contribution in [1.82, 2.24) is 10.6 Å². The summed E-state index contributed by atoms with van der Waals surface area (Å²) >= 11 is 8.17. The lowest BCUT2D eigenvalue weighted by atomic mass is 9.96. The second-order valence-corrected chi connectivity index (χ2v) is 7.86. The lowest BCUT2D eigenvalue weighted by molar-refractivity contribution is 0.572. The molecule has 128 valence electrons. The molecule has 1 aromatic rings. The van der Waals surface area contributed by atoms with Crippen molar-refractivity contribution in [3.8, 4) is 0 Å². The molecule has 3 rings (SSSR count). The van der Waals surface area contributed by atoms with Crippen LogP contribution in [0.15, 0.2) is 29.3 Å². The number of aliphatic imine (C=N–C) groups is 1. The van der Waals surface area contributed by atoms with E-state index in [1.807, 2.05) is 30.9 Å². The van der Waals surface area contributed by atoms with Crippen LogP contribution in [0.2, 0.25) is 5.02 Å². The third kappa shape index (κ3) is 5.16. The van der Waals surface area contributed by atoms with Gasteiger partial charge in [0.1, 0.15) is 0 Å². The molecule has 1 saturated carbocycles. The summed E-state index contributed by atoms with van der Waals surface area (Å²) in [6.45, 7) is 0.923. The highest BCUT2D eigenvalue weighted by molar-refractivity contribution is 14.0. The Morgan fingerprint density at radius 1 is 1.43 bits per heavy atom. The molecule has 1 aliphatic carbocycles. The quantitative estimate of drug-likeness (QED) is 0.400. The third-order valence-corrected chi connectivity index (χ3v) is 6.06. The number of guanidine groups is 1. The first-order valence-corrected chi connectivity index (χ1v) is 9.56. The average Bonchev–Trinajstić information content (AvgIpc) is 3.34. The minimum Gasteiger partial charge on any atom is -0.356 e. The van der Waals surface area contributed by atoms with Crippen molar-refractivity contribution in [1.29, 1.82) is 0 Å². The Balaban J connectivity index is 0.00000192. The Labute approximate surface area is 165 Å². The van der Waals surface area contributed by atoms with Crippen LogP contribution in [-0.2, 0) is 5.41 Å². The highest BCUT2D eigenvalue weighted by atomic mass is 127. The van der Waals surface area contributed by atoms with Crippen LogP contribution in [0.3, 0.4) is 0 Å². The second kappa shape index (κ2) is 8.81. The number of hydrogen-bond donors (Lipinski definition) is 2. The van der Waals surface area contributed by atoms with Gasteiger partial charge in [0.2, 0.25) is 0 Å². The summed E-state index contributed by atoms with van der Waals surface area (Å²) in [5.41, 5.74) is 1.58. The van der Waals surface area contributed by atoms with Crippen LogP contribution < -0.4 is 10.6 Å². The van der Waals surface area contributed by atoms with Gasteiger partial charge in [0.15, 0.2) is 5.96 Å². The summed E-state index contributed by atoms with van der Waals surface area (Å²) in [4.78, 5) is 4.38. The van der Waals surface area contributed by atoms with Crippen molar-refractivity contribution in [2.75, 3.05) is 25.1 Å². The SMILES string of the molecule is CN=C(NCC1(c2cccc(Cl)c2)CC1)NC1CCCSC1.I. The van der Waals surface area contributed by atoms with Crippen molar-refractivity contribution >= 4 is 53.3 Å². The van der Waals surface area contributed by atoms with Gasteiger partial charge in [-0.2, -0.15) is 11.8 Å². The van der Waals surface area contributed by atoms with E-state index in [1.165, 1.54) is 42.8 Å². The predicted molar refractivity (Wildman–Crippen MR) is 113 cm³/mol. The lowest BCUT2D eigenvalue weighted by Crippen LogP contribution is -2.47. The van der Waals surface area contributed by atoms with Crippen LogP contribution in [0.4, 0.5) is 0 Å². The average molecular weight is 466 g/mol. The number of hydrogen-bond acceptors (Lipinski definition) is 2. The molecule has 2 N–H and O–H groups in total. The van der Waals surface area contributed by atoms with Crippen LogP contribution in [-0.4, -0.2) is 37.1 Å². The maximum atomic E-state index is 6.14. The van der Waals surface area contributed by atoms with E-state index in [9.17, 15) is 0 Å². The van der Waals surface area contributed by atoms with Gasteiger partial charge in [0, 0.05) is 35.8 Å². The molecule has 0 bridgehead atoms. The molecule has 1 unspecified atom stereocenters. The highest BCUT2D eigenvalue weighted by Crippen LogP contribution is 2.48. The fraction of sp³-hybridized carbons (Fsp3) is 0.588. The molecule has 3 nitrogen and oxygen atoms in total. The summed E-state index contributed by atoms with van der Waals surface area (Å²) < 4.78 is 0. The van der Waals surface area contributed by atoms with E-state index in [4.69, 9.17) is 11.6 Å². The molecule has 6 heteroatoms. The molecule has 0 radical (unpaired) electrons. The van der Waals surface area contributed by atoms with Gasteiger partial charge in [-0.25, -0.2) is 0 Å². The maximum absolute atomic E-state index is 6.14. The van der Waals surface area contributed by atoms with Gasteiger partial charge in [0.05, 0.1) is 0 Å². The van der Waals surface area contributed by atoms with Crippen molar-refractivity contribution in [2.24, 2.45) is 4.99 Å². The van der Waals surface area contributed by atoms with E-state index in [2.05, 4.69) is 27.8 Å². The smallest absolute Gasteiger partial charge is 0.191 e. The van der Waals surface area contributed by atoms with Gasteiger partial charge < -0.3 is 10.6 Å². The molecule has 1 aliphatic heterocycles. The first-order chi connectivity index (χ1) is 10.7. The minimum atomic E-state index is 0. The number of halogens is 2. The fourth-order valence-electron chi connectivity index (χ4n) is 3.03. The second-order valence-electron chi connectivity index (χ2n) is 6.27. The van der Waals surface area contributed by atoms with Crippen molar-refractivity contribution in [2.45, 2.75) is 37.1 Å². The monoisotopic (exact) mass is 465 g/mol. The van der Waals surface area contributed by atoms with E-state index in [0.717, 1.165) is 17.5 Å². The summed E-state index contributed by atoms with van der Waals surface area (Å²) in [6, 6.07) is 8.82. The molecule has 2 aliphatic rings. The molecular weight excluding hydrogens is 441 g/mol. The molecule has 1 saturated heterocycles. The van der Waals surface area contributed by atoms with E-state index in [1.54, 1.807) is 0 Å². The first kappa shape index (κ1) is 19.2. The molecule has 0 amide bonds. The van der Waals surface area contributed by atoms with E-state index in [0.29, 0.717) is 6.04 Å². The molecule has 1 aromatic carbocycles. The Morgan fingerprint density at radius 2 is 2.26 bits per heavy atom. The van der Waals surface area contributed by atoms with Crippen molar-refractivity contribution < 1.29 is 0 Å². The molecule has 2 fully saturated rings. The van der Waals surface area contributed by atoms with Crippen LogP contribution in [0, 0.1) is 0 Å². The number of nitrogens with one attached hydrogen (secondary N) is 2. The zero-order valence-corrected chi connectivity index (χ0v) is 17.4. The third-order valence-electron chi connectivity index (χ3n) is 4.61. The zero-order chi connectivity index (χ0) is 15.4. The Morgan fingerprint density at radius 3 is 2.87 bits per heavy atom. The van der Waals surface area contributed by atoms with Gasteiger partial charge in [0.25, 0.3) is 0 Å². The Hall–Kier alpha value is -0.140. The molecule has 0 aromatic heterocycles. The summed E-state index contributed by atoms with van der Waals surface area (Å²) in [7, 11) is 1.85.